The summed E-state index contributed by atoms with van der Waals surface area (Å²) >= 11 is 0. The van der Waals surface area contributed by atoms with Crippen molar-refractivity contribution in [2.75, 3.05) is 7.11 Å². The van der Waals surface area contributed by atoms with Crippen LogP contribution in [0, 0.1) is 35.5 Å². The Labute approximate surface area is 107 Å². The Morgan fingerprint density at radius 3 is 1.75 bits per heavy atom. The normalized spacial score (nSPS) is 16.1. The number of nitrogens with zero attached hydrogens (tertiary/aromatic N) is 4. The van der Waals surface area contributed by atoms with Crippen LogP contribution in [0.5, 0.6) is 0 Å². The molecule has 20 heavy (non-hydrogen) atoms. The van der Waals surface area contributed by atoms with Crippen molar-refractivity contribution in [2.24, 2.45) is 5.41 Å². The summed E-state index contributed by atoms with van der Waals surface area (Å²) < 4.78 is 78.9. The van der Waals surface area contributed by atoms with E-state index in [9.17, 15) is 37.0 Å². The van der Waals surface area contributed by atoms with Gasteiger partial charge in [-0.1, -0.05) is 26.9 Å². The van der Waals surface area contributed by atoms with E-state index in [4.69, 9.17) is 0 Å². The molecule has 8 nitrogen and oxygen atoms in total. The first kappa shape index (κ1) is 18.6. The first-order valence-corrected chi connectivity index (χ1v) is 4.26. The summed E-state index contributed by atoms with van der Waals surface area (Å²) in [5.74, 6) is -4.06. The zero-order valence-electron chi connectivity index (χ0n) is 9.60. The number of hydrogen-bond donors (Lipinski definition) is 0. The standard InChI is InChI=1S/C6H7F6N4O4/c1-5(2,4(13(7)8)14(9)10)6(19-3,15(11)12)20-16(17)18/h1-2H2,3H3. The maximum absolute atomic E-state index is 12.8. The molecule has 0 rings (SSSR count). The van der Waals surface area contributed by atoms with Gasteiger partial charge in [-0.2, -0.15) is 0 Å². The monoisotopic (exact) mass is 313 g/mol. The van der Waals surface area contributed by atoms with E-state index in [-0.39, 0.29) is 0 Å². The van der Waals surface area contributed by atoms with Crippen molar-refractivity contribution in [3.8, 4) is 0 Å². The molecule has 0 aromatic rings. The summed E-state index contributed by atoms with van der Waals surface area (Å²) in [6.07, 6.45) is -2.54. The highest BCUT2D eigenvalue weighted by Crippen LogP contribution is 2.48. The van der Waals surface area contributed by atoms with Crippen molar-refractivity contribution in [3.05, 3.63) is 30.1 Å². The fourth-order valence-corrected chi connectivity index (χ4v) is 1.20. The largest absolute Gasteiger partial charge is 0.339 e. The fraction of sp³-hybridized carbons (Fsp3) is 0.500. The number of halogens is 6. The van der Waals surface area contributed by atoms with E-state index in [0.29, 0.717) is 7.11 Å². The summed E-state index contributed by atoms with van der Waals surface area (Å²) in [4.78, 5) is 13.6. The summed E-state index contributed by atoms with van der Waals surface area (Å²) in [5.41, 5.74) is -3.56. The Morgan fingerprint density at radius 2 is 1.55 bits per heavy atom. The van der Waals surface area contributed by atoms with Crippen LogP contribution in [0.15, 0.2) is 0 Å². The van der Waals surface area contributed by atoms with E-state index in [0.717, 1.165) is 0 Å². The Hall–Kier alpha value is -1.38. The molecule has 0 fully saturated rings. The number of rotatable bonds is 8. The van der Waals surface area contributed by atoms with Crippen LogP contribution in [0.3, 0.4) is 0 Å². The summed E-state index contributed by atoms with van der Waals surface area (Å²) in [6, 6.07) is 0. The molecular formula is C6H7F6N4O4. The van der Waals surface area contributed by atoms with Gasteiger partial charge in [-0.15, -0.1) is 10.1 Å². The van der Waals surface area contributed by atoms with Gasteiger partial charge in [-0.25, -0.2) is 0 Å². The fourth-order valence-electron chi connectivity index (χ4n) is 1.20. The smallest absolute Gasteiger partial charge is 0.337 e. The molecule has 0 saturated carbocycles. The van der Waals surface area contributed by atoms with Crippen molar-refractivity contribution in [2.45, 2.75) is 5.91 Å². The van der Waals surface area contributed by atoms with Crippen LogP contribution in [0.2, 0.25) is 0 Å². The molecule has 0 aromatic heterocycles. The lowest BCUT2D eigenvalue weighted by molar-refractivity contribution is -0.821. The summed E-state index contributed by atoms with van der Waals surface area (Å²) in [5, 5.41) is 1.42. The molecule has 0 bridgehead atoms. The summed E-state index contributed by atoms with van der Waals surface area (Å²) in [7, 11) is 0.347. The van der Waals surface area contributed by atoms with Gasteiger partial charge < -0.3 is 4.74 Å². The van der Waals surface area contributed by atoms with Gasteiger partial charge in [0.15, 0.2) is 0 Å². The molecular weight excluding hydrogens is 306 g/mol. The molecule has 117 valence electrons. The number of methoxy groups -OCH3 is 1. The van der Waals surface area contributed by atoms with Crippen LogP contribution >= 0.6 is 0 Å². The Balaban J connectivity index is 5.91. The predicted molar refractivity (Wildman–Crippen MR) is 46.4 cm³/mol. The van der Waals surface area contributed by atoms with Crippen molar-refractivity contribution >= 4 is 0 Å². The quantitative estimate of drug-likeness (QED) is 0.223. The van der Waals surface area contributed by atoms with Crippen LogP contribution in [-0.2, 0) is 9.57 Å². The SMILES string of the molecule is [CH2]C([CH2])([C](N(F)F)N(F)F)C(OC)(O[N+](=O)[O-])N(F)F. The topological polar surface area (TPSA) is 71.3 Å². The lowest BCUT2D eigenvalue weighted by Gasteiger charge is -2.43. The van der Waals surface area contributed by atoms with Crippen LogP contribution in [0.1, 0.15) is 0 Å². The molecule has 1 atom stereocenters. The van der Waals surface area contributed by atoms with Gasteiger partial charge in [0.25, 0.3) is 5.09 Å². The van der Waals surface area contributed by atoms with Crippen molar-refractivity contribution < 1.29 is 41.5 Å². The molecule has 3 radical (unpaired) electrons. The molecule has 1 unspecified atom stereocenters. The minimum absolute atomic E-state index is 0.347. The van der Waals surface area contributed by atoms with E-state index < -0.39 is 38.6 Å². The molecule has 0 aliphatic rings. The minimum Gasteiger partial charge on any atom is -0.337 e. The van der Waals surface area contributed by atoms with Crippen LogP contribution in [0.25, 0.3) is 0 Å². The highest BCUT2D eigenvalue weighted by molar-refractivity contribution is 5.10. The third-order valence-corrected chi connectivity index (χ3v) is 2.05. The van der Waals surface area contributed by atoms with Crippen molar-refractivity contribution in [3.63, 3.8) is 0 Å². The highest BCUT2D eigenvalue weighted by Gasteiger charge is 2.65. The molecule has 0 aliphatic heterocycles. The molecule has 0 aromatic carbocycles. The van der Waals surface area contributed by atoms with Gasteiger partial charge in [0.05, 0.1) is 21.4 Å². The Bertz CT molecular complexity index is 337. The second-order valence-electron chi connectivity index (χ2n) is 3.21. The van der Waals surface area contributed by atoms with Gasteiger partial charge in [0.2, 0.25) is 6.17 Å². The molecule has 0 aliphatic carbocycles. The average molecular weight is 313 g/mol. The van der Waals surface area contributed by atoms with Gasteiger partial charge in [-0.3, -0.25) is 4.84 Å². The van der Waals surface area contributed by atoms with E-state index in [1.165, 1.54) is 0 Å². The third-order valence-electron chi connectivity index (χ3n) is 2.05. The van der Waals surface area contributed by atoms with Gasteiger partial charge in [0, 0.05) is 7.11 Å². The molecule has 0 amide bonds. The zero-order valence-corrected chi connectivity index (χ0v) is 9.60. The predicted octanol–water partition coefficient (Wildman–Crippen LogP) is 1.85. The first-order chi connectivity index (χ1) is 8.94. The Kier molecular flexibility index (Phi) is 5.94. The summed E-state index contributed by atoms with van der Waals surface area (Å²) in [6.45, 7) is 5.13. The molecule has 0 N–H and O–H groups in total. The highest BCUT2D eigenvalue weighted by atomic mass is 19.4. The number of ether oxygens (including phenoxy) is 1. The van der Waals surface area contributed by atoms with Gasteiger partial charge in [-0.05, 0) is 13.8 Å². The maximum Gasteiger partial charge on any atom is 0.339 e. The van der Waals surface area contributed by atoms with Crippen molar-refractivity contribution in [1.82, 2.24) is 16.0 Å². The Morgan fingerprint density at radius 1 is 1.15 bits per heavy atom. The van der Waals surface area contributed by atoms with Crippen LogP contribution < -0.4 is 0 Å². The van der Waals surface area contributed by atoms with E-state index >= 15 is 0 Å². The molecule has 0 heterocycles. The van der Waals surface area contributed by atoms with E-state index in [2.05, 4.69) is 23.4 Å². The molecule has 14 heteroatoms. The maximum atomic E-state index is 12.8. The number of hydrogen-bond acceptors (Lipinski definition) is 7. The van der Waals surface area contributed by atoms with E-state index in [1.54, 1.807) is 0 Å². The zero-order chi connectivity index (χ0) is 16.3. The van der Waals surface area contributed by atoms with Gasteiger partial charge in [0.1, 0.15) is 0 Å². The third kappa shape index (κ3) is 3.20. The van der Waals surface area contributed by atoms with Crippen molar-refractivity contribution in [1.29, 1.82) is 0 Å². The van der Waals surface area contributed by atoms with Crippen LogP contribution in [-0.4, -0.2) is 34.1 Å². The lowest BCUT2D eigenvalue weighted by atomic mass is 9.85. The molecule has 0 spiro atoms. The van der Waals surface area contributed by atoms with Crippen LogP contribution in [0.4, 0.5) is 26.9 Å². The van der Waals surface area contributed by atoms with E-state index in [1.807, 2.05) is 0 Å². The second kappa shape index (κ2) is 6.38. The minimum atomic E-state index is -4.06. The second-order valence-corrected chi connectivity index (χ2v) is 3.21. The first-order valence-electron chi connectivity index (χ1n) is 4.26. The average Bonchev–Trinajstić information content (AvgIpc) is 2.22. The lowest BCUT2D eigenvalue weighted by Crippen LogP contribution is -2.62. The van der Waals surface area contributed by atoms with Gasteiger partial charge >= 0.3 is 5.91 Å². The molecule has 0 saturated heterocycles.